The summed E-state index contributed by atoms with van der Waals surface area (Å²) in [6.07, 6.45) is 1.61. The van der Waals surface area contributed by atoms with Crippen molar-refractivity contribution in [2.75, 3.05) is 23.4 Å². The van der Waals surface area contributed by atoms with Crippen molar-refractivity contribution in [2.45, 2.75) is 12.3 Å². The highest BCUT2D eigenvalue weighted by Crippen LogP contribution is 2.48. The maximum atomic E-state index is 13.8. The van der Waals surface area contributed by atoms with Gasteiger partial charge in [-0.1, -0.05) is 18.2 Å². The van der Waals surface area contributed by atoms with E-state index in [0.29, 0.717) is 23.4 Å². The number of benzene rings is 2. The largest absolute Gasteiger partial charge is 0.495 e. The fourth-order valence-electron chi connectivity index (χ4n) is 2.90. The highest BCUT2D eigenvalue weighted by atomic mass is 32.2. The molecule has 138 valence electrons. The van der Waals surface area contributed by atoms with E-state index in [1.807, 2.05) is 0 Å². The van der Waals surface area contributed by atoms with Gasteiger partial charge in [0.05, 0.1) is 19.1 Å². The predicted octanol–water partition coefficient (Wildman–Crippen LogP) is 2.95. The minimum Gasteiger partial charge on any atom is -0.495 e. The summed E-state index contributed by atoms with van der Waals surface area (Å²) in [4.78, 5) is 12.4. The normalized spacial score (nSPS) is 18.9. The monoisotopic (exact) mass is 378 g/mol. The molecule has 1 amide bonds. The maximum absolute atomic E-state index is 13.8. The van der Waals surface area contributed by atoms with Crippen LogP contribution in [0.15, 0.2) is 42.5 Å². The lowest BCUT2D eigenvalue weighted by Gasteiger charge is -2.12. The Labute approximate surface area is 151 Å². The molecule has 26 heavy (non-hydrogen) atoms. The van der Waals surface area contributed by atoms with Crippen LogP contribution in [0.3, 0.4) is 0 Å². The molecular weight excluding hydrogens is 359 g/mol. The van der Waals surface area contributed by atoms with Crippen LogP contribution in [-0.2, 0) is 14.8 Å². The summed E-state index contributed by atoms with van der Waals surface area (Å²) in [5.41, 5.74) is 1.21. The summed E-state index contributed by atoms with van der Waals surface area (Å²) < 4.78 is 44.2. The number of sulfonamides is 1. The number of ether oxygens (including phenoxy) is 1. The molecular formula is C18H19FN2O4S. The molecule has 1 aliphatic carbocycles. The number of halogens is 1. The number of nitrogens with one attached hydrogen (secondary N) is 2. The Morgan fingerprint density at radius 3 is 2.62 bits per heavy atom. The van der Waals surface area contributed by atoms with Crippen molar-refractivity contribution in [3.05, 3.63) is 53.8 Å². The minimum absolute atomic E-state index is 0.136. The zero-order chi connectivity index (χ0) is 18.9. The van der Waals surface area contributed by atoms with E-state index < -0.39 is 10.0 Å². The molecule has 2 unspecified atom stereocenters. The van der Waals surface area contributed by atoms with Crippen LogP contribution in [0.25, 0.3) is 0 Å². The number of carbonyl (C=O) groups excluding carboxylic acids is 1. The van der Waals surface area contributed by atoms with Gasteiger partial charge in [0.15, 0.2) is 0 Å². The Morgan fingerprint density at radius 2 is 1.96 bits per heavy atom. The van der Waals surface area contributed by atoms with Gasteiger partial charge in [-0.15, -0.1) is 0 Å². The first-order valence-electron chi connectivity index (χ1n) is 7.99. The molecule has 1 fully saturated rings. The molecule has 0 bridgehead atoms. The fourth-order valence-corrected chi connectivity index (χ4v) is 3.46. The van der Waals surface area contributed by atoms with Crippen LogP contribution in [0.5, 0.6) is 5.75 Å². The third kappa shape index (κ3) is 4.13. The number of hydrogen-bond donors (Lipinski definition) is 2. The van der Waals surface area contributed by atoms with E-state index in [-0.39, 0.29) is 29.2 Å². The van der Waals surface area contributed by atoms with E-state index in [1.54, 1.807) is 30.3 Å². The summed E-state index contributed by atoms with van der Waals surface area (Å²) >= 11 is 0. The molecule has 0 saturated heterocycles. The van der Waals surface area contributed by atoms with Crippen LogP contribution in [-0.4, -0.2) is 27.7 Å². The van der Waals surface area contributed by atoms with Crippen molar-refractivity contribution in [3.63, 3.8) is 0 Å². The quantitative estimate of drug-likeness (QED) is 0.809. The molecule has 2 aromatic rings. The van der Waals surface area contributed by atoms with Gasteiger partial charge in [-0.25, -0.2) is 12.8 Å². The molecule has 1 saturated carbocycles. The summed E-state index contributed by atoms with van der Waals surface area (Å²) in [6, 6.07) is 11.1. The van der Waals surface area contributed by atoms with E-state index in [0.717, 1.165) is 6.26 Å². The van der Waals surface area contributed by atoms with Crippen molar-refractivity contribution in [3.8, 4) is 5.75 Å². The highest BCUT2D eigenvalue weighted by molar-refractivity contribution is 7.92. The van der Waals surface area contributed by atoms with Crippen molar-refractivity contribution in [2.24, 2.45) is 5.92 Å². The molecule has 3 rings (SSSR count). The molecule has 2 aromatic carbocycles. The zero-order valence-electron chi connectivity index (χ0n) is 14.3. The second kappa shape index (κ2) is 6.95. The number of methoxy groups -OCH3 is 1. The van der Waals surface area contributed by atoms with Gasteiger partial charge in [0.2, 0.25) is 15.9 Å². The van der Waals surface area contributed by atoms with Crippen LogP contribution < -0.4 is 14.8 Å². The average Bonchev–Trinajstić information content (AvgIpc) is 3.34. The fraction of sp³-hybridized carbons (Fsp3) is 0.278. The van der Waals surface area contributed by atoms with Gasteiger partial charge in [0, 0.05) is 11.6 Å². The zero-order valence-corrected chi connectivity index (χ0v) is 15.1. The first-order valence-corrected chi connectivity index (χ1v) is 9.89. The lowest BCUT2D eigenvalue weighted by molar-refractivity contribution is -0.117. The van der Waals surface area contributed by atoms with Crippen molar-refractivity contribution < 1.29 is 22.3 Å². The van der Waals surface area contributed by atoms with Gasteiger partial charge in [-0.2, -0.15) is 0 Å². The Hall–Kier alpha value is -2.61. The van der Waals surface area contributed by atoms with Gasteiger partial charge in [-0.3, -0.25) is 9.52 Å². The van der Waals surface area contributed by atoms with Crippen LogP contribution in [0.2, 0.25) is 0 Å². The van der Waals surface area contributed by atoms with Crippen LogP contribution in [0.1, 0.15) is 17.9 Å². The van der Waals surface area contributed by atoms with Gasteiger partial charge < -0.3 is 10.1 Å². The lowest BCUT2D eigenvalue weighted by Crippen LogP contribution is -2.15. The Balaban J connectivity index is 1.72. The topological polar surface area (TPSA) is 84.5 Å². The number of rotatable bonds is 6. The van der Waals surface area contributed by atoms with Crippen molar-refractivity contribution in [1.82, 2.24) is 0 Å². The molecule has 2 atom stereocenters. The summed E-state index contributed by atoms with van der Waals surface area (Å²) in [6.45, 7) is 0. The molecule has 2 N–H and O–H groups in total. The predicted molar refractivity (Wildman–Crippen MR) is 97.3 cm³/mol. The van der Waals surface area contributed by atoms with Crippen molar-refractivity contribution in [1.29, 1.82) is 0 Å². The van der Waals surface area contributed by atoms with Gasteiger partial charge in [0.25, 0.3) is 0 Å². The first-order chi connectivity index (χ1) is 12.3. The maximum Gasteiger partial charge on any atom is 0.229 e. The highest BCUT2D eigenvalue weighted by Gasteiger charge is 2.45. The number of amides is 1. The summed E-state index contributed by atoms with van der Waals surface area (Å²) in [5, 5.41) is 2.75. The van der Waals surface area contributed by atoms with Gasteiger partial charge in [0.1, 0.15) is 11.6 Å². The van der Waals surface area contributed by atoms with Crippen molar-refractivity contribution >= 4 is 27.3 Å². The number of anilines is 2. The third-order valence-electron chi connectivity index (χ3n) is 4.19. The van der Waals surface area contributed by atoms with Gasteiger partial charge >= 0.3 is 0 Å². The second-order valence-electron chi connectivity index (χ2n) is 6.25. The van der Waals surface area contributed by atoms with E-state index in [4.69, 9.17) is 4.74 Å². The lowest BCUT2D eigenvalue weighted by atomic mass is 10.1. The van der Waals surface area contributed by atoms with E-state index in [2.05, 4.69) is 10.0 Å². The Kier molecular flexibility index (Phi) is 4.86. The Morgan fingerprint density at radius 1 is 1.23 bits per heavy atom. The van der Waals surface area contributed by atoms with Crippen LogP contribution in [0.4, 0.5) is 15.8 Å². The smallest absolute Gasteiger partial charge is 0.229 e. The third-order valence-corrected chi connectivity index (χ3v) is 4.78. The number of hydrogen-bond acceptors (Lipinski definition) is 4. The molecule has 0 spiro atoms. The SMILES string of the molecule is COc1ccc(NC(=O)C2CC2c2ccccc2F)cc1NS(C)(=O)=O. The second-order valence-corrected chi connectivity index (χ2v) is 8.00. The standard InChI is InChI=1S/C18H19FN2O4S/c1-25-17-8-7-11(9-16(17)21-26(2,23)24)20-18(22)14-10-13(14)12-5-3-4-6-15(12)19/h3-9,13-14,21H,10H2,1-2H3,(H,20,22). The molecule has 0 heterocycles. The molecule has 6 nitrogen and oxygen atoms in total. The Bertz CT molecular complexity index is 946. The average molecular weight is 378 g/mol. The summed E-state index contributed by atoms with van der Waals surface area (Å²) in [7, 11) is -2.07. The number of carbonyl (C=O) groups is 1. The van der Waals surface area contributed by atoms with E-state index in [9.17, 15) is 17.6 Å². The molecule has 0 aromatic heterocycles. The molecule has 1 aliphatic rings. The van der Waals surface area contributed by atoms with Crippen LogP contribution >= 0.6 is 0 Å². The van der Waals surface area contributed by atoms with E-state index in [1.165, 1.54) is 19.2 Å². The molecule has 0 radical (unpaired) electrons. The molecule has 8 heteroatoms. The van der Waals surface area contributed by atoms with Crippen LogP contribution in [0, 0.1) is 11.7 Å². The van der Waals surface area contributed by atoms with E-state index >= 15 is 0 Å². The molecule has 0 aliphatic heterocycles. The summed E-state index contributed by atoms with van der Waals surface area (Å²) in [5.74, 6) is -0.641. The minimum atomic E-state index is -3.49. The first kappa shape index (κ1) is 18.2. The van der Waals surface area contributed by atoms with Gasteiger partial charge in [-0.05, 0) is 42.2 Å².